The van der Waals surface area contributed by atoms with Crippen LogP contribution >= 0.6 is 0 Å². The second kappa shape index (κ2) is 14.4. The quantitative estimate of drug-likeness (QED) is 0.256. The lowest BCUT2D eigenvalue weighted by Gasteiger charge is -2.32. The van der Waals surface area contributed by atoms with Crippen molar-refractivity contribution in [3.63, 3.8) is 0 Å². The van der Waals surface area contributed by atoms with Crippen LogP contribution in [0.25, 0.3) is 10.9 Å². The van der Waals surface area contributed by atoms with Crippen molar-refractivity contribution in [3.05, 3.63) is 101 Å². The van der Waals surface area contributed by atoms with Crippen molar-refractivity contribution in [2.24, 2.45) is 0 Å². The standard InChI is InChI=1S/C25H30N4O2.C9H10O/c1-3-5-22-20(4-2)21-16-18(6-7-23(21)28-22)24(30)27-19-10-14-29(15-11-19)25(31)17-8-12-26-13-9-17;1-2-8-3-5-9(7-10)6-4-8/h6-9,12-13,16,19,28H,3-5,10-11,14-15H2,1-2H3,(H,27,30);3-7H,2H2,1H3. The van der Waals surface area contributed by atoms with Gasteiger partial charge in [-0.15, -0.1) is 0 Å². The smallest absolute Gasteiger partial charge is 0.253 e. The largest absolute Gasteiger partial charge is 0.358 e. The van der Waals surface area contributed by atoms with Crippen LogP contribution in [0, 0.1) is 0 Å². The van der Waals surface area contributed by atoms with Gasteiger partial charge in [-0.3, -0.25) is 19.4 Å². The molecule has 0 atom stereocenters. The summed E-state index contributed by atoms with van der Waals surface area (Å²) in [5, 5.41) is 4.32. The van der Waals surface area contributed by atoms with Crippen LogP contribution in [0.1, 0.15) is 87.9 Å². The number of likely N-dealkylation sites (tertiary alicyclic amines) is 1. The zero-order chi connectivity index (χ0) is 29.2. The first-order chi connectivity index (χ1) is 20.0. The number of aromatic amines is 1. The lowest BCUT2D eigenvalue weighted by atomic mass is 10.0. The number of fused-ring (bicyclic) bond motifs is 1. The maximum atomic E-state index is 12.9. The summed E-state index contributed by atoms with van der Waals surface area (Å²) in [5.74, 6) is -0.0128. The minimum absolute atomic E-state index is 0.0278. The maximum absolute atomic E-state index is 12.9. The molecule has 2 N–H and O–H groups in total. The van der Waals surface area contributed by atoms with Crippen molar-refractivity contribution in [2.45, 2.75) is 65.3 Å². The lowest BCUT2D eigenvalue weighted by Crippen LogP contribution is -2.46. The van der Waals surface area contributed by atoms with E-state index in [-0.39, 0.29) is 17.9 Å². The van der Waals surface area contributed by atoms with Crippen LogP contribution in [-0.2, 0) is 19.3 Å². The van der Waals surface area contributed by atoms with Gasteiger partial charge in [-0.05, 0) is 73.6 Å². The molecular formula is C34H40N4O3. The van der Waals surface area contributed by atoms with Gasteiger partial charge in [0.25, 0.3) is 11.8 Å². The number of amides is 2. The van der Waals surface area contributed by atoms with Gasteiger partial charge in [-0.2, -0.15) is 0 Å². The maximum Gasteiger partial charge on any atom is 0.253 e. The van der Waals surface area contributed by atoms with E-state index in [0.29, 0.717) is 24.2 Å². The van der Waals surface area contributed by atoms with Gasteiger partial charge in [-0.1, -0.05) is 51.5 Å². The Balaban J connectivity index is 0.000000328. The number of H-pyrrole nitrogens is 1. The number of hydrogen-bond acceptors (Lipinski definition) is 4. The summed E-state index contributed by atoms with van der Waals surface area (Å²) in [6.07, 6.45) is 9.74. The molecule has 5 rings (SSSR count). The second-order valence-electron chi connectivity index (χ2n) is 10.4. The highest BCUT2D eigenvalue weighted by atomic mass is 16.2. The van der Waals surface area contributed by atoms with E-state index in [1.165, 1.54) is 16.8 Å². The molecule has 2 amide bonds. The summed E-state index contributed by atoms with van der Waals surface area (Å²) in [6.45, 7) is 7.72. The molecule has 0 spiro atoms. The van der Waals surface area contributed by atoms with Crippen molar-refractivity contribution in [2.75, 3.05) is 13.1 Å². The molecule has 0 unspecified atom stereocenters. The molecule has 2 aromatic heterocycles. The Morgan fingerprint density at radius 2 is 1.66 bits per heavy atom. The number of carbonyl (C=O) groups excluding carboxylic acids is 3. The fourth-order valence-electron chi connectivity index (χ4n) is 5.32. The Kier molecular flexibility index (Phi) is 10.4. The number of hydrogen-bond donors (Lipinski definition) is 2. The van der Waals surface area contributed by atoms with Crippen LogP contribution in [-0.4, -0.2) is 52.1 Å². The number of aldehydes is 1. The number of piperidine rings is 1. The molecular weight excluding hydrogens is 512 g/mol. The Morgan fingerprint density at radius 1 is 0.951 bits per heavy atom. The van der Waals surface area contributed by atoms with E-state index in [9.17, 15) is 14.4 Å². The van der Waals surface area contributed by atoms with E-state index in [1.54, 1.807) is 24.5 Å². The number of benzene rings is 2. The first kappa shape index (κ1) is 29.7. The molecule has 7 heteroatoms. The van der Waals surface area contributed by atoms with E-state index in [0.717, 1.165) is 61.3 Å². The van der Waals surface area contributed by atoms with Gasteiger partial charge < -0.3 is 15.2 Å². The zero-order valence-electron chi connectivity index (χ0n) is 24.3. The van der Waals surface area contributed by atoms with Crippen molar-refractivity contribution in [1.82, 2.24) is 20.2 Å². The first-order valence-corrected chi connectivity index (χ1v) is 14.6. The van der Waals surface area contributed by atoms with Gasteiger partial charge >= 0.3 is 0 Å². The summed E-state index contributed by atoms with van der Waals surface area (Å²) in [6, 6.07) is 17.1. The molecule has 0 radical (unpaired) electrons. The highest BCUT2D eigenvalue weighted by Crippen LogP contribution is 2.25. The van der Waals surface area contributed by atoms with E-state index >= 15 is 0 Å². The first-order valence-electron chi connectivity index (χ1n) is 14.6. The number of rotatable bonds is 8. The van der Waals surface area contributed by atoms with Gasteiger partial charge in [0.2, 0.25) is 0 Å². The number of aryl methyl sites for hydroxylation is 3. The second-order valence-corrected chi connectivity index (χ2v) is 10.4. The van der Waals surface area contributed by atoms with Crippen LogP contribution in [0.3, 0.4) is 0 Å². The topological polar surface area (TPSA) is 95.2 Å². The van der Waals surface area contributed by atoms with E-state index in [1.807, 2.05) is 47.4 Å². The molecule has 1 aliphatic heterocycles. The number of pyridine rings is 1. The number of carbonyl (C=O) groups is 3. The van der Waals surface area contributed by atoms with Crippen molar-refractivity contribution in [1.29, 1.82) is 0 Å². The Labute approximate surface area is 242 Å². The number of aromatic nitrogens is 2. The molecule has 7 nitrogen and oxygen atoms in total. The molecule has 41 heavy (non-hydrogen) atoms. The third kappa shape index (κ3) is 7.48. The van der Waals surface area contributed by atoms with E-state index in [2.05, 4.69) is 36.1 Å². The van der Waals surface area contributed by atoms with Gasteiger partial charge in [-0.25, -0.2) is 0 Å². The number of nitrogens with one attached hydrogen (secondary N) is 2. The third-order valence-electron chi connectivity index (χ3n) is 7.68. The fraction of sp³-hybridized carbons (Fsp3) is 0.353. The van der Waals surface area contributed by atoms with Crippen LogP contribution in [0.2, 0.25) is 0 Å². The van der Waals surface area contributed by atoms with Crippen molar-refractivity contribution in [3.8, 4) is 0 Å². The molecule has 2 aromatic carbocycles. The van der Waals surface area contributed by atoms with Crippen LogP contribution in [0.15, 0.2) is 67.0 Å². The van der Waals surface area contributed by atoms with Gasteiger partial charge in [0.1, 0.15) is 6.29 Å². The molecule has 0 saturated carbocycles. The van der Waals surface area contributed by atoms with Crippen LogP contribution in [0.4, 0.5) is 0 Å². The summed E-state index contributed by atoms with van der Waals surface area (Å²) in [7, 11) is 0. The average molecular weight is 553 g/mol. The minimum atomic E-state index is -0.0406. The predicted molar refractivity (Wildman–Crippen MR) is 164 cm³/mol. The van der Waals surface area contributed by atoms with Crippen LogP contribution < -0.4 is 5.32 Å². The predicted octanol–water partition coefficient (Wildman–Crippen LogP) is 6.17. The third-order valence-corrected chi connectivity index (χ3v) is 7.68. The molecule has 1 aliphatic rings. The normalized spacial score (nSPS) is 13.4. The Hall–Kier alpha value is -4.26. The molecule has 1 fully saturated rings. The van der Waals surface area contributed by atoms with Crippen molar-refractivity contribution < 1.29 is 14.4 Å². The fourth-order valence-corrected chi connectivity index (χ4v) is 5.32. The molecule has 4 aromatic rings. The van der Waals surface area contributed by atoms with Crippen molar-refractivity contribution >= 4 is 29.0 Å². The Bertz CT molecular complexity index is 1450. The van der Waals surface area contributed by atoms with Gasteiger partial charge in [0, 0.05) is 64.8 Å². The average Bonchev–Trinajstić information content (AvgIpc) is 3.38. The van der Waals surface area contributed by atoms with Gasteiger partial charge in [0.05, 0.1) is 0 Å². The molecule has 214 valence electrons. The summed E-state index contributed by atoms with van der Waals surface area (Å²) >= 11 is 0. The highest BCUT2D eigenvalue weighted by Gasteiger charge is 2.25. The highest BCUT2D eigenvalue weighted by molar-refractivity contribution is 5.99. The summed E-state index contributed by atoms with van der Waals surface area (Å²) in [5.41, 5.74) is 7.06. The minimum Gasteiger partial charge on any atom is -0.358 e. The van der Waals surface area contributed by atoms with Crippen LogP contribution in [0.5, 0.6) is 0 Å². The van der Waals surface area contributed by atoms with E-state index < -0.39 is 0 Å². The zero-order valence-corrected chi connectivity index (χ0v) is 24.3. The summed E-state index contributed by atoms with van der Waals surface area (Å²) in [4.78, 5) is 45.1. The molecule has 1 saturated heterocycles. The molecule has 0 aliphatic carbocycles. The number of nitrogens with zero attached hydrogens (tertiary/aromatic N) is 2. The Morgan fingerprint density at radius 3 is 2.27 bits per heavy atom. The molecule has 0 bridgehead atoms. The molecule has 3 heterocycles. The van der Waals surface area contributed by atoms with Gasteiger partial charge in [0.15, 0.2) is 0 Å². The summed E-state index contributed by atoms with van der Waals surface area (Å²) < 4.78 is 0. The monoisotopic (exact) mass is 552 g/mol. The lowest BCUT2D eigenvalue weighted by molar-refractivity contribution is 0.0697. The van der Waals surface area contributed by atoms with E-state index in [4.69, 9.17) is 0 Å². The SMILES string of the molecule is CCCc1[nH]c2ccc(C(=O)NC3CCN(C(=O)c4ccncc4)CC3)cc2c1CC.CCc1ccc(C=O)cc1.